The van der Waals surface area contributed by atoms with E-state index in [1.165, 1.54) is 0 Å². The highest BCUT2D eigenvalue weighted by molar-refractivity contribution is 5.95. The van der Waals surface area contributed by atoms with Crippen molar-refractivity contribution in [1.29, 1.82) is 0 Å². The topological polar surface area (TPSA) is 231 Å². The van der Waals surface area contributed by atoms with Crippen LogP contribution in [0.4, 0.5) is 0 Å². The minimum atomic E-state index is -1.36. The molecule has 0 spiro atoms. The second-order valence-corrected chi connectivity index (χ2v) is 8.53. The number of rotatable bonds is 15. The highest BCUT2D eigenvalue weighted by Crippen LogP contribution is 2.09. The van der Waals surface area contributed by atoms with E-state index >= 15 is 0 Å². The largest absolute Gasteiger partial charge is 0.481 e. The predicted octanol–water partition coefficient (Wildman–Crippen LogP) is -1.70. The van der Waals surface area contributed by atoms with E-state index in [1.54, 1.807) is 27.7 Å². The summed E-state index contributed by atoms with van der Waals surface area (Å²) in [5.41, 5.74) is 10.6. The summed E-state index contributed by atoms with van der Waals surface area (Å²) in [4.78, 5) is 71.1. The van der Waals surface area contributed by atoms with Crippen LogP contribution in [0.5, 0.6) is 0 Å². The van der Waals surface area contributed by atoms with Crippen LogP contribution in [-0.2, 0) is 28.8 Å². The maximum absolute atomic E-state index is 12.8. The Bertz CT molecular complexity index is 740. The number of carboxylic acid groups (broad SMARTS) is 2. The zero-order valence-electron chi connectivity index (χ0n) is 19.3. The molecule has 0 radical (unpaired) electrons. The first kappa shape index (κ1) is 29.8. The Labute approximate surface area is 192 Å². The Morgan fingerprint density at radius 3 is 1.79 bits per heavy atom. The zero-order chi connectivity index (χ0) is 25.9. The molecular weight excluding hydrogens is 438 g/mol. The highest BCUT2D eigenvalue weighted by atomic mass is 16.4. The van der Waals surface area contributed by atoms with Crippen molar-refractivity contribution < 1.29 is 39.0 Å². The summed E-state index contributed by atoms with van der Waals surface area (Å²) in [7, 11) is 0. The van der Waals surface area contributed by atoms with Gasteiger partial charge in [-0.1, -0.05) is 27.7 Å². The van der Waals surface area contributed by atoms with Crippen molar-refractivity contribution in [3.05, 3.63) is 0 Å². The summed E-state index contributed by atoms with van der Waals surface area (Å²) in [6, 6.07) is -5.04. The predicted molar refractivity (Wildman–Crippen MR) is 116 cm³/mol. The van der Waals surface area contributed by atoms with Crippen LogP contribution in [-0.4, -0.2) is 69.9 Å². The molecule has 0 fully saturated rings. The van der Waals surface area contributed by atoms with Crippen LogP contribution in [0.3, 0.4) is 0 Å². The van der Waals surface area contributed by atoms with Gasteiger partial charge in [-0.25, -0.2) is 4.79 Å². The third-order valence-electron chi connectivity index (χ3n) is 4.61. The maximum atomic E-state index is 12.8. The summed E-state index contributed by atoms with van der Waals surface area (Å²) in [6.07, 6.45) is -1.08. The molecule has 0 bridgehead atoms. The SMILES string of the molecule is CC(C)CC(NC(=O)C(CCC(=O)O)NC(=O)C(NC(=O)C(N)CC(N)=O)C(C)C)C(=O)O. The van der Waals surface area contributed by atoms with Gasteiger partial charge in [-0.3, -0.25) is 24.0 Å². The smallest absolute Gasteiger partial charge is 0.326 e. The van der Waals surface area contributed by atoms with Crippen molar-refractivity contribution in [1.82, 2.24) is 16.0 Å². The molecule has 0 aromatic carbocycles. The van der Waals surface area contributed by atoms with Crippen LogP contribution < -0.4 is 27.4 Å². The van der Waals surface area contributed by atoms with Crippen LogP contribution in [0.25, 0.3) is 0 Å². The number of nitrogens with one attached hydrogen (secondary N) is 3. The third kappa shape index (κ3) is 11.8. The Balaban J connectivity index is 5.52. The highest BCUT2D eigenvalue weighted by Gasteiger charge is 2.32. The average Bonchev–Trinajstić information content (AvgIpc) is 2.66. The minimum absolute atomic E-state index is 0.0522. The molecular formula is C20H35N5O8. The fourth-order valence-electron chi connectivity index (χ4n) is 2.87. The van der Waals surface area contributed by atoms with Gasteiger partial charge < -0.3 is 37.6 Å². The van der Waals surface area contributed by atoms with Crippen molar-refractivity contribution in [2.24, 2.45) is 23.3 Å². The molecule has 4 amide bonds. The van der Waals surface area contributed by atoms with Crippen molar-refractivity contribution >= 4 is 35.6 Å². The van der Waals surface area contributed by atoms with Crippen LogP contribution >= 0.6 is 0 Å². The molecule has 188 valence electrons. The summed E-state index contributed by atoms with van der Waals surface area (Å²) < 4.78 is 0. The lowest BCUT2D eigenvalue weighted by Gasteiger charge is -2.27. The maximum Gasteiger partial charge on any atom is 0.326 e. The van der Waals surface area contributed by atoms with Gasteiger partial charge in [-0.15, -0.1) is 0 Å². The molecule has 0 aromatic rings. The fourth-order valence-corrected chi connectivity index (χ4v) is 2.87. The summed E-state index contributed by atoms with van der Waals surface area (Å²) in [5, 5.41) is 25.4. The Hall–Kier alpha value is -3.22. The van der Waals surface area contributed by atoms with Crippen molar-refractivity contribution in [2.75, 3.05) is 0 Å². The molecule has 0 saturated heterocycles. The number of amides is 4. The molecule has 13 nitrogen and oxygen atoms in total. The van der Waals surface area contributed by atoms with Gasteiger partial charge in [0.15, 0.2) is 0 Å². The number of primary amides is 1. The molecule has 13 heteroatoms. The van der Waals surface area contributed by atoms with Crippen LogP contribution in [0.15, 0.2) is 0 Å². The third-order valence-corrected chi connectivity index (χ3v) is 4.61. The molecule has 0 aliphatic carbocycles. The average molecular weight is 474 g/mol. The Morgan fingerprint density at radius 2 is 1.36 bits per heavy atom. The van der Waals surface area contributed by atoms with Crippen LogP contribution in [0, 0.1) is 11.8 Å². The molecule has 9 N–H and O–H groups in total. The molecule has 0 saturated carbocycles. The van der Waals surface area contributed by atoms with Gasteiger partial charge >= 0.3 is 11.9 Å². The van der Waals surface area contributed by atoms with Crippen molar-refractivity contribution in [2.45, 2.75) is 77.5 Å². The van der Waals surface area contributed by atoms with Gasteiger partial charge in [0.2, 0.25) is 23.6 Å². The van der Waals surface area contributed by atoms with Gasteiger partial charge in [-0.05, 0) is 24.7 Å². The first-order valence-electron chi connectivity index (χ1n) is 10.5. The van der Waals surface area contributed by atoms with Gasteiger partial charge in [0, 0.05) is 6.42 Å². The van der Waals surface area contributed by atoms with Crippen molar-refractivity contribution in [3.63, 3.8) is 0 Å². The first-order valence-corrected chi connectivity index (χ1v) is 10.5. The van der Waals surface area contributed by atoms with Crippen molar-refractivity contribution in [3.8, 4) is 0 Å². The van der Waals surface area contributed by atoms with E-state index in [9.17, 15) is 33.9 Å². The first-order chi connectivity index (χ1) is 15.1. The van der Waals surface area contributed by atoms with Gasteiger partial charge in [0.1, 0.15) is 18.1 Å². The van der Waals surface area contributed by atoms with Gasteiger partial charge in [0.25, 0.3) is 0 Å². The molecule has 0 rings (SSSR count). The second-order valence-electron chi connectivity index (χ2n) is 8.53. The molecule has 0 aliphatic rings. The van der Waals surface area contributed by atoms with E-state index in [2.05, 4.69) is 16.0 Å². The van der Waals surface area contributed by atoms with Crippen LogP contribution in [0.2, 0.25) is 0 Å². The fraction of sp³-hybridized carbons (Fsp3) is 0.700. The number of hydrogen-bond acceptors (Lipinski definition) is 7. The molecule has 0 aromatic heterocycles. The number of carbonyl (C=O) groups excluding carboxylic acids is 4. The second kappa shape index (κ2) is 14.0. The van der Waals surface area contributed by atoms with E-state index in [0.29, 0.717) is 0 Å². The van der Waals surface area contributed by atoms with Gasteiger partial charge in [-0.2, -0.15) is 0 Å². The molecule has 0 heterocycles. The molecule has 4 atom stereocenters. The van der Waals surface area contributed by atoms with E-state index in [4.69, 9.17) is 16.6 Å². The van der Waals surface area contributed by atoms with E-state index in [1.807, 2.05) is 0 Å². The van der Waals surface area contributed by atoms with Crippen LogP contribution in [0.1, 0.15) is 53.4 Å². The Kier molecular flexibility index (Phi) is 12.7. The van der Waals surface area contributed by atoms with Gasteiger partial charge in [0.05, 0.1) is 12.5 Å². The zero-order valence-corrected chi connectivity index (χ0v) is 19.3. The lowest BCUT2D eigenvalue weighted by Crippen LogP contribution is -2.58. The Morgan fingerprint density at radius 1 is 0.818 bits per heavy atom. The summed E-state index contributed by atoms with van der Waals surface area (Å²) in [6.45, 7) is 6.76. The van der Waals surface area contributed by atoms with E-state index in [-0.39, 0.29) is 18.8 Å². The standard InChI is InChI=1S/C20H35N5O8/c1-9(2)7-13(20(32)33)24-18(30)12(5-6-15(27)28)23-19(31)16(10(3)4)25-17(29)11(21)8-14(22)26/h9-13,16H,5-8,21H2,1-4H3,(H2,22,26)(H,23,31)(H,24,30)(H,25,29)(H,27,28)(H,32,33). The molecule has 0 aliphatic heterocycles. The van der Waals surface area contributed by atoms with E-state index < -0.39 is 78.5 Å². The quantitative estimate of drug-likeness (QED) is 0.143. The number of nitrogens with two attached hydrogens (primary N) is 2. The normalized spacial score (nSPS) is 14.6. The van der Waals surface area contributed by atoms with E-state index in [0.717, 1.165) is 0 Å². The number of hydrogen-bond donors (Lipinski definition) is 7. The molecule has 33 heavy (non-hydrogen) atoms. The summed E-state index contributed by atoms with van der Waals surface area (Å²) >= 11 is 0. The summed E-state index contributed by atoms with van der Waals surface area (Å²) in [5.74, 6) is -6.28. The lowest BCUT2D eigenvalue weighted by molar-refractivity contribution is -0.143. The number of carboxylic acids is 2. The lowest BCUT2D eigenvalue weighted by atomic mass is 10.0. The number of aliphatic carboxylic acids is 2. The monoisotopic (exact) mass is 473 g/mol. The molecule has 4 unspecified atom stereocenters. The number of carbonyl (C=O) groups is 6. The minimum Gasteiger partial charge on any atom is -0.481 e.